The second-order valence-corrected chi connectivity index (χ2v) is 4.63. The zero-order valence-corrected chi connectivity index (χ0v) is 10.1. The van der Waals surface area contributed by atoms with Crippen LogP contribution in [0.3, 0.4) is 0 Å². The van der Waals surface area contributed by atoms with Crippen molar-refractivity contribution in [3.05, 3.63) is 35.4 Å². The summed E-state index contributed by atoms with van der Waals surface area (Å²) in [5.41, 5.74) is 1.82. The van der Waals surface area contributed by atoms with Crippen LogP contribution in [0.25, 0.3) is 0 Å². The van der Waals surface area contributed by atoms with Crippen molar-refractivity contribution in [3.8, 4) is 6.07 Å². The Hall–Kier alpha value is -1.37. The molecule has 0 spiro atoms. The van der Waals surface area contributed by atoms with Gasteiger partial charge in [-0.15, -0.1) is 0 Å². The summed E-state index contributed by atoms with van der Waals surface area (Å²) in [4.78, 5) is 0. The average Bonchev–Trinajstić information content (AvgIpc) is 2.38. The standard InChI is InChI=1S/C14H18N2O/c1-11-6-7-16-9-14(11)17-10-13-4-2-12(8-15)3-5-13/h2-5,11,14,16H,6-7,9-10H2,1H3. The molecule has 1 N–H and O–H groups in total. The summed E-state index contributed by atoms with van der Waals surface area (Å²) in [6.07, 6.45) is 1.48. The van der Waals surface area contributed by atoms with Crippen LogP contribution in [0.5, 0.6) is 0 Å². The molecule has 1 fully saturated rings. The number of rotatable bonds is 3. The zero-order chi connectivity index (χ0) is 12.1. The van der Waals surface area contributed by atoms with Crippen LogP contribution in [0.1, 0.15) is 24.5 Å². The lowest BCUT2D eigenvalue weighted by Crippen LogP contribution is -2.40. The molecule has 1 heterocycles. The SMILES string of the molecule is CC1CCNCC1OCc1ccc(C#N)cc1. The highest BCUT2D eigenvalue weighted by Crippen LogP contribution is 2.16. The molecule has 3 nitrogen and oxygen atoms in total. The van der Waals surface area contributed by atoms with E-state index in [-0.39, 0.29) is 0 Å². The van der Waals surface area contributed by atoms with Gasteiger partial charge in [0.05, 0.1) is 24.3 Å². The third-order valence-electron chi connectivity index (χ3n) is 3.30. The Labute approximate surface area is 102 Å². The summed E-state index contributed by atoms with van der Waals surface area (Å²) in [6.45, 7) is 4.90. The number of piperidine rings is 1. The molecular weight excluding hydrogens is 212 g/mol. The first-order chi connectivity index (χ1) is 8.29. The van der Waals surface area contributed by atoms with E-state index in [0.717, 1.165) is 18.7 Å². The first-order valence-corrected chi connectivity index (χ1v) is 6.11. The largest absolute Gasteiger partial charge is 0.372 e. The molecule has 0 aliphatic carbocycles. The lowest BCUT2D eigenvalue weighted by molar-refractivity contribution is -0.00657. The van der Waals surface area contributed by atoms with Crippen molar-refractivity contribution in [3.63, 3.8) is 0 Å². The number of hydrogen-bond donors (Lipinski definition) is 1. The minimum absolute atomic E-state index is 0.305. The number of benzene rings is 1. The van der Waals surface area contributed by atoms with Gasteiger partial charge in [-0.2, -0.15) is 5.26 Å². The van der Waals surface area contributed by atoms with E-state index >= 15 is 0 Å². The summed E-state index contributed by atoms with van der Waals surface area (Å²) < 4.78 is 5.91. The highest BCUT2D eigenvalue weighted by atomic mass is 16.5. The van der Waals surface area contributed by atoms with Crippen molar-refractivity contribution in [2.45, 2.75) is 26.1 Å². The Bertz CT molecular complexity index is 394. The molecule has 0 aromatic heterocycles. The molecule has 1 aromatic rings. The molecule has 2 atom stereocenters. The molecule has 2 rings (SSSR count). The van der Waals surface area contributed by atoms with E-state index in [4.69, 9.17) is 10.00 Å². The Morgan fingerprint density at radius 2 is 2.18 bits per heavy atom. The van der Waals surface area contributed by atoms with Crippen LogP contribution < -0.4 is 5.32 Å². The van der Waals surface area contributed by atoms with Crippen LogP contribution in [-0.2, 0) is 11.3 Å². The minimum atomic E-state index is 0.305. The number of nitriles is 1. The Balaban J connectivity index is 1.86. The molecule has 2 unspecified atom stereocenters. The van der Waals surface area contributed by atoms with Crippen molar-refractivity contribution in [2.75, 3.05) is 13.1 Å². The van der Waals surface area contributed by atoms with Crippen molar-refractivity contribution in [1.82, 2.24) is 5.32 Å². The normalized spacial score (nSPS) is 24.2. The van der Waals surface area contributed by atoms with Crippen LogP contribution >= 0.6 is 0 Å². The van der Waals surface area contributed by atoms with Crippen molar-refractivity contribution in [1.29, 1.82) is 5.26 Å². The maximum absolute atomic E-state index is 8.71. The van der Waals surface area contributed by atoms with E-state index in [1.165, 1.54) is 6.42 Å². The van der Waals surface area contributed by atoms with Gasteiger partial charge in [-0.25, -0.2) is 0 Å². The highest BCUT2D eigenvalue weighted by molar-refractivity contribution is 5.31. The maximum Gasteiger partial charge on any atom is 0.0991 e. The second-order valence-electron chi connectivity index (χ2n) is 4.63. The topological polar surface area (TPSA) is 45.0 Å². The first kappa shape index (κ1) is 12.1. The number of ether oxygens (including phenoxy) is 1. The predicted molar refractivity (Wildman–Crippen MR) is 66.4 cm³/mol. The molecule has 0 radical (unpaired) electrons. The quantitative estimate of drug-likeness (QED) is 0.864. The number of hydrogen-bond acceptors (Lipinski definition) is 3. The van der Waals surface area contributed by atoms with E-state index in [2.05, 4.69) is 18.3 Å². The predicted octanol–water partition coefficient (Wildman–Crippen LogP) is 2.07. The molecule has 0 bridgehead atoms. The fourth-order valence-electron chi connectivity index (χ4n) is 2.06. The van der Waals surface area contributed by atoms with Gasteiger partial charge in [0, 0.05) is 6.54 Å². The molecule has 1 saturated heterocycles. The fraction of sp³-hybridized carbons (Fsp3) is 0.500. The summed E-state index contributed by atoms with van der Waals surface area (Å²) in [7, 11) is 0. The number of nitrogens with zero attached hydrogens (tertiary/aromatic N) is 1. The van der Waals surface area contributed by atoms with E-state index in [1.54, 1.807) is 0 Å². The van der Waals surface area contributed by atoms with Gasteiger partial charge in [0.25, 0.3) is 0 Å². The van der Waals surface area contributed by atoms with E-state index in [9.17, 15) is 0 Å². The molecule has 1 aromatic carbocycles. The summed E-state index contributed by atoms with van der Waals surface area (Å²) in [6, 6.07) is 9.70. The van der Waals surface area contributed by atoms with Gasteiger partial charge in [-0.1, -0.05) is 19.1 Å². The van der Waals surface area contributed by atoms with Crippen LogP contribution in [-0.4, -0.2) is 19.2 Å². The molecule has 90 valence electrons. The first-order valence-electron chi connectivity index (χ1n) is 6.11. The fourth-order valence-corrected chi connectivity index (χ4v) is 2.06. The maximum atomic E-state index is 8.71. The highest BCUT2D eigenvalue weighted by Gasteiger charge is 2.21. The molecule has 3 heteroatoms. The van der Waals surface area contributed by atoms with Crippen molar-refractivity contribution in [2.24, 2.45) is 5.92 Å². The van der Waals surface area contributed by atoms with Crippen molar-refractivity contribution >= 4 is 0 Å². The average molecular weight is 230 g/mol. The monoisotopic (exact) mass is 230 g/mol. The zero-order valence-electron chi connectivity index (χ0n) is 10.1. The van der Waals surface area contributed by atoms with Crippen LogP contribution in [0.2, 0.25) is 0 Å². The lowest BCUT2D eigenvalue weighted by Gasteiger charge is -2.29. The van der Waals surface area contributed by atoms with E-state index in [1.807, 2.05) is 24.3 Å². The molecule has 17 heavy (non-hydrogen) atoms. The van der Waals surface area contributed by atoms with E-state index in [0.29, 0.717) is 24.2 Å². The third-order valence-corrected chi connectivity index (χ3v) is 3.30. The van der Waals surface area contributed by atoms with Crippen molar-refractivity contribution < 1.29 is 4.74 Å². The van der Waals surface area contributed by atoms with Crippen LogP contribution in [0, 0.1) is 17.2 Å². The third kappa shape index (κ3) is 3.29. The Morgan fingerprint density at radius 3 is 2.82 bits per heavy atom. The van der Waals surface area contributed by atoms with Gasteiger partial charge < -0.3 is 10.1 Å². The summed E-state index contributed by atoms with van der Waals surface area (Å²) in [5.74, 6) is 0.620. The van der Waals surface area contributed by atoms with Gasteiger partial charge in [0.2, 0.25) is 0 Å². The Morgan fingerprint density at radius 1 is 1.41 bits per heavy atom. The molecule has 1 aliphatic rings. The van der Waals surface area contributed by atoms with E-state index < -0.39 is 0 Å². The van der Waals surface area contributed by atoms with Gasteiger partial charge in [0.1, 0.15) is 0 Å². The Kier molecular flexibility index (Phi) is 4.13. The van der Waals surface area contributed by atoms with Gasteiger partial charge in [-0.05, 0) is 36.6 Å². The van der Waals surface area contributed by atoms with Gasteiger partial charge in [-0.3, -0.25) is 0 Å². The second kappa shape index (κ2) is 5.81. The number of nitrogens with one attached hydrogen (secondary N) is 1. The van der Waals surface area contributed by atoms with Crippen LogP contribution in [0.15, 0.2) is 24.3 Å². The minimum Gasteiger partial charge on any atom is -0.372 e. The molecule has 0 saturated carbocycles. The molecular formula is C14H18N2O. The van der Waals surface area contributed by atoms with Gasteiger partial charge in [0.15, 0.2) is 0 Å². The summed E-state index contributed by atoms with van der Waals surface area (Å²) >= 11 is 0. The lowest BCUT2D eigenvalue weighted by atomic mass is 9.97. The van der Waals surface area contributed by atoms with Gasteiger partial charge >= 0.3 is 0 Å². The molecule has 1 aliphatic heterocycles. The smallest absolute Gasteiger partial charge is 0.0991 e. The summed E-state index contributed by atoms with van der Waals surface area (Å²) in [5, 5.41) is 12.1. The van der Waals surface area contributed by atoms with Crippen LogP contribution in [0.4, 0.5) is 0 Å². The molecule has 0 amide bonds.